The van der Waals surface area contributed by atoms with Gasteiger partial charge in [-0.3, -0.25) is 4.79 Å². The lowest BCUT2D eigenvalue weighted by Gasteiger charge is -2.17. The zero-order chi connectivity index (χ0) is 12.3. The molecule has 0 aromatic rings. The van der Waals surface area contributed by atoms with E-state index in [4.69, 9.17) is 0 Å². The molecule has 17 heavy (non-hydrogen) atoms. The normalized spacial score (nSPS) is 21.6. The Kier molecular flexibility index (Phi) is 4.43. The molecule has 0 saturated heterocycles. The average Bonchev–Trinajstić information content (AvgIpc) is 3.16. The number of carbonyl (C=O) groups excluding carboxylic acids is 1. The molecular formula is C14H26N2O. The molecule has 0 radical (unpaired) electrons. The Morgan fingerprint density at radius 2 is 1.82 bits per heavy atom. The lowest BCUT2D eigenvalue weighted by molar-refractivity contribution is -0.120. The van der Waals surface area contributed by atoms with Crippen LogP contribution in [0.3, 0.4) is 0 Å². The molecule has 3 nitrogen and oxygen atoms in total. The van der Waals surface area contributed by atoms with Crippen molar-refractivity contribution < 1.29 is 4.79 Å². The molecular weight excluding hydrogens is 212 g/mol. The van der Waals surface area contributed by atoms with Crippen molar-refractivity contribution >= 4 is 5.91 Å². The van der Waals surface area contributed by atoms with Gasteiger partial charge in [-0.1, -0.05) is 6.92 Å². The Balaban J connectivity index is 1.59. The number of hydrogen-bond donors (Lipinski definition) is 2. The Morgan fingerprint density at radius 1 is 1.24 bits per heavy atom. The van der Waals surface area contributed by atoms with Gasteiger partial charge in [0.1, 0.15) is 0 Å². The van der Waals surface area contributed by atoms with Gasteiger partial charge in [0.15, 0.2) is 0 Å². The Labute approximate surface area is 105 Å². The third-order valence-corrected chi connectivity index (χ3v) is 4.14. The first-order valence-corrected chi connectivity index (χ1v) is 7.20. The maximum Gasteiger partial charge on any atom is 0.234 e. The summed E-state index contributed by atoms with van der Waals surface area (Å²) in [6.45, 7) is 5.67. The molecule has 0 bridgehead atoms. The fourth-order valence-corrected chi connectivity index (χ4v) is 2.55. The highest BCUT2D eigenvalue weighted by Crippen LogP contribution is 2.48. The molecule has 0 heterocycles. The van der Waals surface area contributed by atoms with Gasteiger partial charge >= 0.3 is 0 Å². The van der Waals surface area contributed by atoms with Crippen molar-refractivity contribution in [3.05, 3.63) is 0 Å². The monoisotopic (exact) mass is 238 g/mol. The molecule has 2 saturated carbocycles. The highest BCUT2D eigenvalue weighted by molar-refractivity contribution is 5.78. The minimum absolute atomic E-state index is 0.143. The number of rotatable bonds is 8. The molecule has 2 N–H and O–H groups in total. The van der Waals surface area contributed by atoms with Gasteiger partial charge < -0.3 is 10.6 Å². The maximum absolute atomic E-state index is 11.6. The Bertz CT molecular complexity index is 247. The summed E-state index contributed by atoms with van der Waals surface area (Å²) in [5, 5.41) is 6.34. The van der Waals surface area contributed by atoms with E-state index in [2.05, 4.69) is 24.5 Å². The van der Waals surface area contributed by atoms with Crippen molar-refractivity contribution in [1.29, 1.82) is 0 Å². The van der Waals surface area contributed by atoms with E-state index in [0.29, 0.717) is 12.6 Å². The smallest absolute Gasteiger partial charge is 0.234 e. The third kappa shape index (κ3) is 4.30. The van der Waals surface area contributed by atoms with Gasteiger partial charge in [0.25, 0.3) is 0 Å². The standard InChI is InChI=1S/C14H26N2O/c1-3-10(2)16-14(17)9-15-8-13(11-4-5-11)12-6-7-12/h10-13,15H,3-9H2,1-2H3,(H,16,17). The SMILES string of the molecule is CCC(C)NC(=O)CNCC(C1CC1)C1CC1. The second kappa shape index (κ2) is 5.85. The van der Waals surface area contributed by atoms with Gasteiger partial charge in [-0.2, -0.15) is 0 Å². The van der Waals surface area contributed by atoms with Gasteiger partial charge in [0.05, 0.1) is 6.54 Å². The number of carbonyl (C=O) groups is 1. The summed E-state index contributed by atoms with van der Waals surface area (Å²) >= 11 is 0. The van der Waals surface area contributed by atoms with Gasteiger partial charge in [0, 0.05) is 6.04 Å². The van der Waals surface area contributed by atoms with Crippen LogP contribution < -0.4 is 10.6 Å². The largest absolute Gasteiger partial charge is 0.353 e. The van der Waals surface area contributed by atoms with Crippen LogP contribution in [0, 0.1) is 17.8 Å². The molecule has 2 aliphatic rings. The molecule has 0 aromatic carbocycles. The minimum atomic E-state index is 0.143. The Hall–Kier alpha value is -0.570. The summed E-state index contributed by atoms with van der Waals surface area (Å²) in [7, 11) is 0. The van der Waals surface area contributed by atoms with Crippen LogP contribution in [0.2, 0.25) is 0 Å². The van der Waals surface area contributed by atoms with Gasteiger partial charge in [-0.15, -0.1) is 0 Å². The second-order valence-electron chi connectivity index (χ2n) is 5.85. The Morgan fingerprint density at radius 3 is 2.29 bits per heavy atom. The van der Waals surface area contributed by atoms with E-state index >= 15 is 0 Å². The maximum atomic E-state index is 11.6. The van der Waals surface area contributed by atoms with Crippen LogP contribution in [0.5, 0.6) is 0 Å². The summed E-state index contributed by atoms with van der Waals surface area (Å²) in [6, 6.07) is 0.298. The molecule has 1 unspecified atom stereocenters. The summed E-state index contributed by atoms with van der Waals surface area (Å²) in [5.41, 5.74) is 0. The van der Waals surface area contributed by atoms with Crippen LogP contribution in [-0.2, 0) is 4.79 Å². The quantitative estimate of drug-likeness (QED) is 0.678. The predicted molar refractivity (Wildman–Crippen MR) is 69.7 cm³/mol. The van der Waals surface area contributed by atoms with Crippen molar-refractivity contribution in [2.45, 2.75) is 52.0 Å². The first-order chi connectivity index (χ1) is 8.20. The highest BCUT2D eigenvalue weighted by Gasteiger charge is 2.40. The van der Waals surface area contributed by atoms with E-state index in [1.54, 1.807) is 0 Å². The minimum Gasteiger partial charge on any atom is -0.353 e. The van der Waals surface area contributed by atoms with Gasteiger partial charge in [-0.25, -0.2) is 0 Å². The van der Waals surface area contributed by atoms with E-state index in [1.165, 1.54) is 25.7 Å². The lowest BCUT2D eigenvalue weighted by Crippen LogP contribution is -2.40. The number of amides is 1. The van der Waals surface area contributed by atoms with Crippen molar-refractivity contribution in [3.63, 3.8) is 0 Å². The van der Waals surface area contributed by atoms with Crippen LogP contribution in [0.1, 0.15) is 46.0 Å². The van der Waals surface area contributed by atoms with Crippen LogP contribution in [0.25, 0.3) is 0 Å². The molecule has 0 aliphatic heterocycles. The summed E-state index contributed by atoms with van der Waals surface area (Å²) in [5.74, 6) is 2.93. The highest BCUT2D eigenvalue weighted by atomic mass is 16.1. The fraction of sp³-hybridized carbons (Fsp3) is 0.929. The van der Waals surface area contributed by atoms with Crippen LogP contribution in [0.15, 0.2) is 0 Å². The molecule has 0 spiro atoms. The second-order valence-corrected chi connectivity index (χ2v) is 5.85. The lowest BCUT2D eigenvalue weighted by atomic mass is 9.98. The van der Waals surface area contributed by atoms with E-state index < -0.39 is 0 Å². The van der Waals surface area contributed by atoms with Crippen molar-refractivity contribution in [1.82, 2.24) is 10.6 Å². The molecule has 2 rings (SSSR count). The number of nitrogens with one attached hydrogen (secondary N) is 2. The van der Waals surface area contributed by atoms with E-state index in [0.717, 1.165) is 30.7 Å². The van der Waals surface area contributed by atoms with E-state index in [1.807, 2.05) is 0 Å². The number of hydrogen-bond acceptors (Lipinski definition) is 2. The average molecular weight is 238 g/mol. The molecule has 2 aliphatic carbocycles. The molecule has 98 valence electrons. The zero-order valence-corrected chi connectivity index (χ0v) is 11.2. The van der Waals surface area contributed by atoms with Crippen LogP contribution in [-0.4, -0.2) is 25.0 Å². The summed E-state index contributed by atoms with van der Waals surface area (Å²) in [6.07, 6.45) is 6.67. The molecule has 1 atom stereocenters. The zero-order valence-electron chi connectivity index (χ0n) is 11.2. The van der Waals surface area contributed by atoms with Crippen molar-refractivity contribution in [3.8, 4) is 0 Å². The van der Waals surface area contributed by atoms with Crippen molar-refractivity contribution in [2.75, 3.05) is 13.1 Å². The summed E-state index contributed by atoms with van der Waals surface area (Å²) in [4.78, 5) is 11.6. The van der Waals surface area contributed by atoms with Crippen molar-refractivity contribution in [2.24, 2.45) is 17.8 Å². The predicted octanol–water partition coefficient (Wildman–Crippen LogP) is 1.93. The van der Waals surface area contributed by atoms with Crippen LogP contribution >= 0.6 is 0 Å². The fourth-order valence-electron chi connectivity index (χ4n) is 2.55. The molecule has 2 fully saturated rings. The van der Waals surface area contributed by atoms with E-state index in [9.17, 15) is 4.79 Å². The molecule has 0 aromatic heterocycles. The first kappa shape index (κ1) is 12.9. The van der Waals surface area contributed by atoms with E-state index in [-0.39, 0.29) is 5.91 Å². The first-order valence-electron chi connectivity index (χ1n) is 7.20. The van der Waals surface area contributed by atoms with Gasteiger partial charge in [0.2, 0.25) is 5.91 Å². The van der Waals surface area contributed by atoms with Crippen LogP contribution in [0.4, 0.5) is 0 Å². The van der Waals surface area contributed by atoms with Gasteiger partial charge in [-0.05, 0) is 63.3 Å². The topological polar surface area (TPSA) is 41.1 Å². The summed E-state index contributed by atoms with van der Waals surface area (Å²) < 4.78 is 0. The third-order valence-electron chi connectivity index (χ3n) is 4.14. The molecule has 1 amide bonds. The molecule has 3 heteroatoms.